The third-order valence-electron chi connectivity index (χ3n) is 4.09. The molecule has 0 spiro atoms. The third-order valence-corrected chi connectivity index (χ3v) is 5.03. The van der Waals surface area contributed by atoms with E-state index in [0.29, 0.717) is 0 Å². The Morgan fingerprint density at radius 3 is 2.52 bits per heavy atom. The number of Topliss-reactive ketones (excluding diaryl/α,β-unsaturated/α-hetero) is 1. The number of rotatable bonds is 2. The van der Waals surface area contributed by atoms with Gasteiger partial charge in [0.15, 0.2) is 0 Å². The topological polar surface area (TPSA) is 63.6 Å². The molecule has 21 heavy (non-hydrogen) atoms. The van der Waals surface area contributed by atoms with Crippen LogP contribution in [0.25, 0.3) is 0 Å². The Balaban J connectivity index is 2.15. The minimum Gasteiger partial charge on any atom is -0.455 e. The van der Waals surface area contributed by atoms with Crippen LogP contribution in [0.5, 0.6) is 0 Å². The van der Waals surface area contributed by atoms with Crippen molar-refractivity contribution in [3.8, 4) is 0 Å². The van der Waals surface area contributed by atoms with Crippen LogP contribution in [0.3, 0.4) is 0 Å². The summed E-state index contributed by atoms with van der Waals surface area (Å²) in [6.45, 7) is 1.35. The van der Waals surface area contributed by atoms with Crippen molar-refractivity contribution in [1.82, 2.24) is 0 Å². The first-order valence-corrected chi connectivity index (χ1v) is 7.60. The quantitative estimate of drug-likeness (QED) is 0.812. The standard InChI is InChI=1S/C15H12BrClO4/c1-7(18)13-12(8-2-4-9(16)5-3-8)10-6-11(17)15(13,20)14(19)21-10/h2-6,10,12-13,20H,1H3. The normalized spacial score (nSPS) is 34.4. The highest BCUT2D eigenvalue weighted by Crippen LogP contribution is 2.51. The lowest BCUT2D eigenvalue weighted by molar-refractivity contribution is -0.190. The van der Waals surface area contributed by atoms with E-state index in [0.717, 1.165) is 10.0 Å². The zero-order valence-corrected chi connectivity index (χ0v) is 13.4. The Morgan fingerprint density at radius 2 is 2.00 bits per heavy atom. The minimum atomic E-state index is -2.08. The number of hydrogen-bond acceptors (Lipinski definition) is 4. The van der Waals surface area contributed by atoms with Crippen LogP contribution < -0.4 is 0 Å². The van der Waals surface area contributed by atoms with Gasteiger partial charge in [-0.15, -0.1) is 0 Å². The van der Waals surface area contributed by atoms with E-state index in [2.05, 4.69) is 15.9 Å². The molecule has 6 heteroatoms. The fourth-order valence-corrected chi connectivity index (χ4v) is 3.72. The number of esters is 1. The molecule has 2 bridgehead atoms. The molecule has 2 aliphatic heterocycles. The van der Waals surface area contributed by atoms with Crippen LogP contribution >= 0.6 is 27.5 Å². The summed E-state index contributed by atoms with van der Waals surface area (Å²) in [7, 11) is 0. The predicted molar refractivity (Wildman–Crippen MR) is 79.8 cm³/mol. The summed E-state index contributed by atoms with van der Waals surface area (Å²) in [6, 6.07) is 7.35. The molecule has 0 saturated carbocycles. The molecule has 1 aliphatic carbocycles. The van der Waals surface area contributed by atoms with Crippen molar-refractivity contribution in [2.24, 2.45) is 5.92 Å². The van der Waals surface area contributed by atoms with E-state index in [4.69, 9.17) is 16.3 Å². The van der Waals surface area contributed by atoms with Crippen molar-refractivity contribution in [1.29, 1.82) is 0 Å². The molecule has 0 amide bonds. The molecule has 1 fully saturated rings. The van der Waals surface area contributed by atoms with E-state index in [1.807, 2.05) is 24.3 Å². The van der Waals surface area contributed by atoms with Crippen LogP contribution in [-0.2, 0) is 14.3 Å². The lowest BCUT2D eigenvalue weighted by Gasteiger charge is -2.48. The van der Waals surface area contributed by atoms with E-state index in [9.17, 15) is 14.7 Å². The van der Waals surface area contributed by atoms with Crippen molar-refractivity contribution in [2.75, 3.05) is 0 Å². The Labute approximate surface area is 134 Å². The highest BCUT2D eigenvalue weighted by Gasteiger charge is 2.63. The maximum Gasteiger partial charge on any atom is 0.345 e. The van der Waals surface area contributed by atoms with Gasteiger partial charge in [-0.3, -0.25) is 4.79 Å². The van der Waals surface area contributed by atoms with Crippen LogP contribution in [0.1, 0.15) is 18.4 Å². The van der Waals surface area contributed by atoms with E-state index in [1.54, 1.807) is 0 Å². The average Bonchev–Trinajstić information content (AvgIpc) is 2.41. The number of carbonyl (C=O) groups excluding carboxylic acids is 2. The second kappa shape index (κ2) is 4.93. The SMILES string of the molecule is CC(=O)C1C(c2ccc(Br)cc2)C2C=C(Cl)C1(O)C(=O)O2. The van der Waals surface area contributed by atoms with Crippen LogP contribution in [0.4, 0.5) is 0 Å². The highest BCUT2D eigenvalue weighted by atomic mass is 79.9. The Bertz CT molecular complexity index is 654. The lowest BCUT2D eigenvalue weighted by atomic mass is 9.65. The molecule has 110 valence electrons. The second-order valence-corrected chi connectivity index (χ2v) is 6.64. The first kappa shape index (κ1) is 14.8. The van der Waals surface area contributed by atoms with Gasteiger partial charge in [0, 0.05) is 10.4 Å². The predicted octanol–water partition coefficient (Wildman–Crippen LogP) is 2.53. The van der Waals surface area contributed by atoms with E-state index in [-0.39, 0.29) is 10.8 Å². The van der Waals surface area contributed by atoms with E-state index in [1.165, 1.54) is 13.0 Å². The van der Waals surface area contributed by atoms with Gasteiger partial charge in [0.05, 0.1) is 11.0 Å². The summed E-state index contributed by atoms with van der Waals surface area (Å²) in [6.07, 6.45) is 0.865. The number of aliphatic hydroxyl groups is 1. The number of ether oxygens (including phenoxy) is 1. The van der Waals surface area contributed by atoms with Gasteiger partial charge in [0.25, 0.3) is 0 Å². The molecule has 4 unspecified atom stereocenters. The number of benzene rings is 1. The zero-order chi connectivity index (χ0) is 15.4. The molecule has 3 aliphatic rings. The second-order valence-electron chi connectivity index (χ2n) is 5.32. The number of carbonyl (C=O) groups is 2. The summed E-state index contributed by atoms with van der Waals surface area (Å²) in [5, 5.41) is 10.6. The summed E-state index contributed by atoms with van der Waals surface area (Å²) in [4.78, 5) is 24.0. The molecule has 4 rings (SSSR count). The average molecular weight is 372 g/mol. The summed E-state index contributed by atoms with van der Waals surface area (Å²) >= 11 is 9.37. The van der Waals surface area contributed by atoms with Crippen molar-refractivity contribution in [2.45, 2.75) is 24.5 Å². The highest BCUT2D eigenvalue weighted by molar-refractivity contribution is 9.10. The fraction of sp³-hybridized carbons (Fsp3) is 0.333. The van der Waals surface area contributed by atoms with Gasteiger partial charge < -0.3 is 9.84 Å². The summed E-state index contributed by atoms with van der Waals surface area (Å²) < 4.78 is 6.12. The Hall–Kier alpha value is -1.17. The molecule has 4 atom stereocenters. The first-order chi connectivity index (χ1) is 9.85. The van der Waals surface area contributed by atoms with Gasteiger partial charge in [-0.1, -0.05) is 39.7 Å². The van der Waals surface area contributed by atoms with Gasteiger partial charge in [0.2, 0.25) is 5.60 Å². The van der Waals surface area contributed by atoms with Crippen molar-refractivity contribution in [3.63, 3.8) is 0 Å². The molecule has 1 saturated heterocycles. The van der Waals surface area contributed by atoms with Gasteiger partial charge in [-0.05, 0) is 30.7 Å². The van der Waals surface area contributed by atoms with Gasteiger partial charge in [-0.25, -0.2) is 4.79 Å². The third kappa shape index (κ3) is 2.06. The van der Waals surface area contributed by atoms with Crippen molar-refractivity contribution >= 4 is 39.3 Å². The van der Waals surface area contributed by atoms with Gasteiger partial charge in [-0.2, -0.15) is 0 Å². The number of ketones is 1. The molecule has 1 N–H and O–H groups in total. The monoisotopic (exact) mass is 370 g/mol. The van der Waals surface area contributed by atoms with E-state index < -0.39 is 29.5 Å². The molecule has 0 radical (unpaired) electrons. The van der Waals surface area contributed by atoms with Crippen LogP contribution in [0.2, 0.25) is 0 Å². The van der Waals surface area contributed by atoms with Gasteiger partial charge >= 0.3 is 5.97 Å². The smallest absolute Gasteiger partial charge is 0.345 e. The van der Waals surface area contributed by atoms with Crippen molar-refractivity contribution in [3.05, 3.63) is 45.4 Å². The molecule has 1 aromatic carbocycles. The largest absolute Gasteiger partial charge is 0.455 e. The molecular weight excluding hydrogens is 360 g/mol. The van der Waals surface area contributed by atoms with Crippen LogP contribution in [0.15, 0.2) is 39.8 Å². The van der Waals surface area contributed by atoms with E-state index >= 15 is 0 Å². The van der Waals surface area contributed by atoms with Gasteiger partial charge in [0.1, 0.15) is 11.9 Å². The Kier molecular flexibility index (Phi) is 3.47. The van der Waals surface area contributed by atoms with Crippen molar-refractivity contribution < 1.29 is 19.4 Å². The molecule has 0 aromatic heterocycles. The molecule has 1 aromatic rings. The number of fused-ring (bicyclic) bond motifs is 2. The minimum absolute atomic E-state index is 0.0303. The number of hydrogen-bond donors (Lipinski definition) is 1. The first-order valence-electron chi connectivity index (χ1n) is 6.43. The maximum atomic E-state index is 12.1. The molecule has 2 heterocycles. The summed E-state index contributed by atoms with van der Waals surface area (Å²) in [5.74, 6) is -2.53. The lowest BCUT2D eigenvalue weighted by Crippen LogP contribution is -2.62. The molecule has 4 nitrogen and oxygen atoms in total. The zero-order valence-electron chi connectivity index (χ0n) is 11.0. The fourth-order valence-electron chi connectivity index (χ4n) is 3.13. The maximum absolute atomic E-state index is 12.1. The van der Waals surface area contributed by atoms with Crippen LogP contribution in [-0.4, -0.2) is 28.6 Å². The summed E-state index contributed by atoms with van der Waals surface area (Å²) in [5.41, 5.74) is -1.27. The molecular formula is C15H12BrClO4. The van der Waals surface area contributed by atoms with Crippen LogP contribution in [0, 0.1) is 5.92 Å². The Morgan fingerprint density at radius 1 is 1.38 bits per heavy atom. The number of halogens is 2.